The summed E-state index contributed by atoms with van der Waals surface area (Å²) in [6, 6.07) is 4.53. The lowest BCUT2D eigenvalue weighted by Gasteiger charge is -2.16. The number of hydrogen-bond donors (Lipinski definition) is 5. The van der Waals surface area contributed by atoms with E-state index in [0.717, 1.165) is 5.69 Å². The zero-order chi connectivity index (χ0) is 16.8. The molecule has 2 rings (SSSR count). The van der Waals surface area contributed by atoms with Gasteiger partial charge in [0, 0.05) is 6.42 Å². The van der Waals surface area contributed by atoms with Crippen LogP contribution in [0.3, 0.4) is 0 Å². The van der Waals surface area contributed by atoms with Crippen LogP contribution in [0.4, 0.5) is 0 Å². The number of halogens is 2. The summed E-state index contributed by atoms with van der Waals surface area (Å²) in [7, 11) is 0. The number of carboxylic acid groups (broad SMARTS) is 1. The number of benzene rings is 1. The summed E-state index contributed by atoms with van der Waals surface area (Å²) < 4.78 is 0. The van der Waals surface area contributed by atoms with Gasteiger partial charge in [0.05, 0.1) is 6.42 Å². The molecule has 1 heterocycles. The maximum atomic E-state index is 12.1. The highest BCUT2D eigenvalue weighted by atomic mass is 35.5. The molecule has 27 heavy (non-hydrogen) atoms. The van der Waals surface area contributed by atoms with Crippen LogP contribution in [0.5, 0.6) is 5.75 Å². The number of carbonyl (C=O) groups is 2. The second-order valence-corrected chi connectivity index (χ2v) is 5.30. The van der Waals surface area contributed by atoms with E-state index in [1.807, 2.05) is 0 Å². The molecule has 0 fully saturated rings. The van der Waals surface area contributed by atoms with Crippen molar-refractivity contribution in [2.24, 2.45) is 0 Å². The van der Waals surface area contributed by atoms with Crippen molar-refractivity contribution in [3.63, 3.8) is 0 Å². The number of rotatable bonds is 7. The number of hydrogen-bond acceptors (Lipinski definition) is 3. The first-order valence-corrected chi connectivity index (χ1v) is 7.13. The monoisotopic (exact) mass is 426 g/mol. The molecule has 0 aliphatic rings. The van der Waals surface area contributed by atoms with Gasteiger partial charge in [0.15, 0.2) is 6.04 Å². The number of carbonyl (C=O) groups excluding carboxylic acids is 1. The standard InChI is InChI=1S/C15H18N4O4.2ClH.2H2O/c16-12(6-10-7-17-8-18-10)14(21)19-13(15(22)23)5-9-1-3-11(20)4-2-9;;;;/h1-4,7-8,12-13,20H,5-6,16H2,(H,17,18)(H,19,21)(H,22,23);2*1H;2*1H2/t12-,13-;;;;/m0..../s1. The van der Waals surface area contributed by atoms with Gasteiger partial charge in [-0.2, -0.15) is 0 Å². The number of nitrogens with one attached hydrogen (secondary N) is 3. The molecule has 1 aromatic carbocycles. The molecule has 2 atom stereocenters. The van der Waals surface area contributed by atoms with Crippen molar-refractivity contribution in [1.82, 2.24) is 10.3 Å². The minimum atomic E-state index is -1.12. The van der Waals surface area contributed by atoms with E-state index in [-0.39, 0.29) is 47.9 Å². The van der Waals surface area contributed by atoms with Crippen molar-refractivity contribution in [3.05, 3.63) is 48.0 Å². The average molecular weight is 427 g/mol. The van der Waals surface area contributed by atoms with Crippen LogP contribution in [0, 0.1) is 0 Å². The Hall–Kier alpha value is -2.37. The normalized spacial score (nSPS) is 11.3. The second-order valence-electron chi connectivity index (χ2n) is 5.30. The summed E-state index contributed by atoms with van der Waals surface area (Å²) in [4.78, 5) is 29.2. The number of imidazole rings is 1. The van der Waals surface area contributed by atoms with Crippen LogP contribution in [0.25, 0.3) is 0 Å². The maximum Gasteiger partial charge on any atom is 0.326 e. The summed E-state index contributed by atoms with van der Waals surface area (Å²) in [5.41, 5.74) is 5.29. The van der Waals surface area contributed by atoms with Crippen LogP contribution in [-0.4, -0.2) is 50.1 Å². The molecule has 0 spiro atoms. The fourth-order valence-corrected chi connectivity index (χ4v) is 2.15. The van der Waals surface area contributed by atoms with Gasteiger partial charge in [0.2, 0.25) is 6.33 Å². The van der Waals surface area contributed by atoms with Crippen molar-refractivity contribution < 1.29 is 66.3 Å². The molecule has 10 nitrogen and oxygen atoms in total. The van der Waals surface area contributed by atoms with Crippen molar-refractivity contribution in [3.8, 4) is 5.75 Å². The Morgan fingerprint density at radius 2 is 1.74 bits per heavy atom. The largest absolute Gasteiger partial charge is 1.00 e. The highest BCUT2D eigenvalue weighted by Gasteiger charge is 2.26. The number of amides is 1. The van der Waals surface area contributed by atoms with E-state index in [0.29, 0.717) is 12.0 Å². The molecule has 12 heteroatoms. The minimum absolute atomic E-state index is 0. The van der Waals surface area contributed by atoms with Crippen molar-refractivity contribution in [1.29, 1.82) is 0 Å². The quantitative estimate of drug-likeness (QED) is 0.292. The molecule has 0 saturated heterocycles. The molecular formula is C15H24Cl2N4O6. The van der Waals surface area contributed by atoms with E-state index in [9.17, 15) is 19.8 Å². The van der Waals surface area contributed by atoms with E-state index >= 15 is 0 Å². The van der Waals surface area contributed by atoms with Crippen LogP contribution >= 0.6 is 0 Å². The molecule has 1 aromatic heterocycles. The van der Waals surface area contributed by atoms with Crippen molar-refractivity contribution in [2.75, 3.05) is 0 Å². The van der Waals surface area contributed by atoms with E-state index in [4.69, 9.17) is 0 Å². The molecule has 1 amide bonds. The lowest BCUT2D eigenvalue weighted by molar-refractivity contribution is -0.404. The number of H-pyrrole nitrogens is 2. The predicted octanol–water partition coefficient (Wildman–Crippen LogP) is -9.14. The molecule has 0 aliphatic heterocycles. The zero-order valence-electron chi connectivity index (χ0n) is 14.2. The Balaban J connectivity index is -0.00000144. The Kier molecular flexibility index (Phi) is 15.0. The van der Waals surface area contributed by atoms with Gasteiger partial charge in [-0.1, -0.05) is 12.1 Å². The van der Waals surface area contributed by atoms with Gasteiger partial charge in [-0.3, -0.25) is 9.78 Å². The zero-order valence-corrected chi connectivity index (χ0v) is 15.7. The van der Waals surface area contributed by atoms with E-state index in [1.165, 1.54) is 12.1 Å². The fourth-order valence-electron chi connectivity index (χ4n) is 2.15. The highest BCUT2D eigenvalue weighted by molar-refractivity contribution is 5.86. The molecular weight excluding hydrogens is 403 g/mol. The van der Waals surface area contributed by atoms with Crippen LogP contribution in [0.15, 0.2) is 36.8 Å². The first-order valence-electron chi connectivity index (χ1n) is 7.13. The predicted molar refractivity (Wildman–Crippen MR) is 86.3 cm³/mol. The number of quaternary nitrogens is 1. The molecule has 0 bridgehead atoms. The first kappa shape index (κ1) is 29.4. The van der Waals surface area contributed by atoms with Crippen molar-refractivity contribution in [2.45, 2.75) is 24.9 Å². The summed E-state index contributed by atoms with van der Waals surface area (Å²) in [5.74, 6) is -1.44. The minimum Gasteiger partial charge on any atom is -1.00 e. The Morgan fingerprint density at radius 1 is 1.15 bits per heavy atom. The topological polar surface area (TPSA) is 207 Å². The Labute approximate surface area is 167 Å². The molecule has 12 N–H and O–H groups in total. The molecule has 0 aliphatic carbocycles. The molecule has 154 valence electrons. The maximum absolute atomic E-state index is 12.1. The number of aliphatic carboxylic acids is 1. The number of aromatic nitrogens is 2. The smallest absolute Gasteiger partial charge is 0.326 e. The third kappa shape index (κ3) is 9.22. The lowest BCUT2D eigenvalue weighted by atomic mass is 10.0. The third-order valence-electron chi connectivity index (χ3n) is 3.43. The van der Waals surface area contributed by atoms with Crippen LogP contribution in [0.1, 0.15) is 11.3 Å². The van der Waals surface area contributed by atoms with Crippen LogP contribution in [0.2, 0.25) is 0 Å². The first-order chi connectivity index (χ1) is 11.0. The summed E-state index contributed by atoms with van der Waals surface area (Å²) in [5, 5.41) is 21.0. The average Bonchev–Trinajstić information content (AvgIpc) is 3.01. The highest BCUT2D eigenvalue weighted by Crippen LogP contribution is 2.11. The van der Waals surface area contributed by atoms with Crippen LogP contribution in [-0.2, 0) is 22.4 Å². The number of aromatic hydroxyl groups is 1. The van der Waals surface area contributed by atoms with Crippen molar-refractivity contribution >= 4 is 11.9 Å². The molecule has 0 unspecified atom stereocenters. The van der Waals surface area contributed by atoms with Crippen LogP contribution < -0.4 is 40.8 Å². The third-order valence-corrected chi connectivity index (χ3v) is 3.43. The number of phenolic OH excluding ortho intramolecular Hbond substituents is 1. The number of carboxylic acids is 1. The van der Waals surface area contributed by atoms with Gasteiger partial charge in [0.25, 0.3) is 5.91 Å². The number of phenols is 1. The second kappa shape index (κ2) is 13.8. The van der Waals surface area contributed by atoms with Gasteiger partial charge >= 0.3 is 5.97 Å². The molecule has 2 aromatic rings. The number of aromatic amines is 2. The van der Waals surface area contributed by atoms with Gasteiger partial charge in [0.1, 0.15) is 23.7 Å². The van der Waals surface area contributed by atoms with Gasteiger partial charge in [-0.15, -0.1) is 0 Å². The van der Waals surface area contributed by atoms with E-state index in [1.54, 1.807) is 24.7 Å². The molecule has 0 saturated carbocycles. The Bertz CT molecular complexity index is 669. The van der Waals surface area contributed by atoms with E-state index in [2.05, 4.69) is 21.0 Å². The summed E-state index contributed by atoms with van der Waals surface area (Å²) in [6.07, 6.45) is 3.85. The molecule has 0 radical (unpaired) electrons. The van der Waals surface area contributed by atoms with Gasteiger partial charge < -0.3 is 57.0 Å². The van der Waals surface area contributed by atoms with Gasteiger partial charge in [-0.25, -0.2) is 9.78 Å². The van der Waals surface area contributed by atoms with Gasteiger partial charge in [-0.05, 0) is 17.7 Å². The fraction of sp³-hybridized carbons (Fsp3) is 0.267. The SMILES string of the molecule is O.O.[Cl-].[Cl-].[NH3+][C@@H](Cc1c[nH+]c[nH]1)C(=O)N[C@@H](Cc1ccc(O)cc1)C(=O)O. The Morgan fingerprint density at radius 3 is 2.22 bits per heavy atom. The lowest BCUT2D eigenvalue weighted by Crippen LogP contribution is -3.00. The summed E-state index contributed by atoms with van der Waals surface area (Å²) in [6.45, 7) is 0. The van der Waals surface area contributed by atoms with E-state index < -0.39 is 24.0 Å². The summed E-state index contributed by atoms with van der Waals surface area (Å²) >= 11 is 0.